The predicted octanol–water partition coefficient (Wildman–Crippen LogP) is 1.63. The van der Waals surface area contributed by atoms with E-state index in [0.717, 1.165) is 4.90 Å². The monoisotopic (exact) mass is 320 g/mol. The van der Waals surface area contributed by atoms with Crippen LogP contribution in [0.5, 0.6) is 0 Å². The molecule has 0 unspecified atom stereocenters. The summed E-state index contributed by atoms with van der Waals surface area (Å²) in [7, 11) is 0. The summed E-state index contributed by atoms with van der Waals surface area (Å²) < 4.78 is 0. The number of carbonyl (C=O) groups excluding carboxylic acids is 2. The minimum absolute atomic E-state index is 0.0747. The van der Waals surface area contributed by atoms with Crippen LogP contribution in [0.4, 0.5) is 0 Å². The highest BCUT2D eigenvalue weighted by Gasteiger charge is 2.35. The number of fused-ring (bicyclic) bond motifs is 1. The van der Waals surface area contributed by atoms with E-state index in [-0.39, 0.29) is 18.9 Å². The van der Waals surface area contributed by atoms with Crippen molar-refractivity contribution in [2.24, 2.45) is 10.5 Å². The first-order valence-electron chi connectivity index (χ1n) is 7.23. The molecule has 8 nitrogen and oxygen atoms in total. The molecule has 0 saturated heterocycles. The second-order valence-electron chi connectivity index (χ2n) is 6.03. The van der Waals surface area contributed by atoms with Gasteiger partial charge in [0.2, 0.25) is 6.73 Å². The molecule has 1 aromatic carbocycles. The zero-order valence-corrected chi connectivity index (χ0v) is 13.4. The second-order valence-corrected chi connectivity index (χ2v) is 6.03. The van der Waals surface area contributed by atoms with Gasteiger partial charge in [0.1, 0.15) is 0 Å². The van der Waals surface area contributed by atoms with Crippen molar-refractivity contribution in [3.63, 3.8) is 0 Å². The summed E-state index contributed by atoms with van der Waals surface area (Å²) in [4.78, 5) is 30.2. The van der Waals surface area contributed by atoms with E-state index < -0.39 is 11.8 Å². The molecule has 0 saturated carbocycles. The first-order chi connectivity index (χ1) is 10.9. The van der Waals surface area contributed by atoms with E-state index in [1.165, 1.54) is 0 Å². The SMILES string of the molecule is CC(C)(C)N(CCO)N=NOCN1C(=O)c2ccccc2C1=O. The lowest BCUT2D eigenvalue weighted by Gasteiger charge is -2.30. The Balaban J connectivity index is 1.96. The molecule has 0 radical (unpaired) electrons. The molecule has 0 aromatic heterocycles. The molecule has 8 heteroatoms. The maximum absolute atomic E-state index is 12.1. The zero-order valence-electron chi connectivity index (χ0n) is 13.4. The van der Waals surface area contributed by atoms with Crippen molar-refractivity contribution in [1.82, 2.24) is 9.91 Å². The summed E-state index contributed by atoms with van der Waals surface area (Å²) in [6, 6.07) is 6.59. The fourth-order valence-corrected chi connectivity index (χ4v) is 2.12. The minimum atomic E-state index is -0.413. The van der Waals surface area contributed by atoms with Gasteiger partial charge in [-0.3, -0.25) is 14.6 Å². The second kappa shape index (κ2) is 6.74. The summed E-state index contributed by atoms with van der Waals surface area (Å²) in [5.41, 5.74) is 0.370. The number of benzene rings is 1. The molecular weight excluding hydrogens is 300 g/mol. The van der Waals surface area contributed by atoms with Crippen LogP contribution >= 0.6 is 0 Å². The fourth-order valence-electron chi connectivity index (χ4n) is 2.12. The maximum Gasteiger partial charge on any atom is 0.264 e. The van der Waals surface area contributed by atoms with Crippen LogP contribution in [-0.4, -0.2) is 52.3 Å². The molecule has 23 heavy (non-hydrogen) atoms. The van der Waals surface area contributed by atoms with Crippen molar-refractivity contribution in [2.75, 3.05) is 19.9 Å². The lowest BCUT2D eigenvalue weighted by molar-refractivity contribution is 0.00433. The van der Waals surface area contributed by atoms with Crippen molar-refractivity contribution >= 4 is 11.8 Å². The highest BCUT2D eigenvalue weighted by atomic mass is 16.7. The number of β-amino-alcohol motifs (C(OH)–C–C–N with tert-alkyl or cyclic N) is 1. The third-order valence-corrected chi connectivity index (χ3v) is 3.35. The Labute approximate surface area is 134 Å². The Bertz CT molecular complexity index is 589. The van der Waals surface area contributed by atoms with Crippen LogP contribution in [0.2, 0.25) is 0 Å². The first kappa shape index (κ1) is 16.9. The van der Waals surface area contributed by atoms with Gasteiger partial charge in [-0.05, 0) is 38.1 Å². The first-order valence-corrected chi connectivity index (χ1v) is 7.23. The number of hydrogen-bond donors (Lipinski definition) is 1. The summed E-state index contributed by atoms with van der Waals surface area (Å²) in [5, 5.41) is 18.0. The van der Waals surface area contributed by atoms with Crippen LogP contribution in [-0.2, 0) is 4.84 Å². The average molecular weight is 320 g/mol. The van der Waals surface area contributed by atoms with Crippen LogP contribution in [0.25, 0.3) is 0 Å². The van der Waals surface area contributed by atoms with Crippen LogP contribution in [0.1, 0.15) is 41.5 Å². The quantitative estimate of drug-likeness (QED) is 0.488. The molecule has 2 rings (SSSR count). The van der Waals surface area contributed by atoms with E-state index in [1.54, 1.807) is 29.3 Å². The normalized spacial score (nSPS) is 14.5. The van der Waals surface area contributed by atoms with Crippen LogP contribution < -0.4 is 0 Å². The summed E-state index contributed by atoms with van der Waals surface area (Å²) in [6.07, 6.45) is 0. The Hall–Kier alpha value is -2.48. The van der Waals surface area contributed by atoms with Gasteiger partial charge in [-0.2, -0.15) is 0 Å². The van der Waals surface area contributed by atoms with Gasteiger partial charge in [0.15, 0.2) is 0 Å². The topological polar surface area (TPSA) is 94.8 Å². The van der Waals surface area contributed by atoms with Crippen molar-refractivity contribution in [2.45, 2.75) is 26.3 Å². The number of imide groups is 1. The number of carbonyl (C=O) groups is 2. The van der Waals surface area contributed by atoms with E-state index >= 15 is 0 Å². The van der Waals surface area contributed by atoms with Crippen molar-refractivity contribution < 1.29 is 19.5 Å². The molecule has 1 aliphatic rings. The molecule has 0 fully saturated rings. The van der Waals surface area contributed by atoms with Gasteiger partial charge < -0.3 is 9.94 Å². The third kappa shape index (κ3) is 3.65. The number of aliphatic hydroxyl groups is 1. The van der Waals surface area contributed by atoms with E-state index in [2.05, 4.69) is 10.5 Å². The average Bonchev–Trinajstić information content (AvgIpc) is 2.74. The highest BCUT2D eigenvalue weighted by Crippen LogP contribution is 2.22. The molecule has 1 N–H and O–H groups in total. The van der Waals surface area contributed by atoms with Gasteiger partial charge in [0, 0.05) is 5.28 Å². The third-order valence-electron chi connectivity index (χ3n) is 3.35. The van der Waals surface area contributed by atoms with Crippen molar-refractivity contribution in [3.05, 3.63) is 35.4 Å². The number of rotatable bonds is 6. The highest BCUT2D eigenvalue weighted by molar-refractivity contribution is 6.21. The molecule has 0 atom stereocenters. The van der Waals surface area contributed by atoms with Gasteiger partial charge in [-0.25, -0.2) is 4.90 Å². The summed E-state index contributed by atoms with van der Waals surface area (Å²) in [5.74, 6) is -0.826. The van der Waals surface area contributed by atoms with Gasteiger partial charge >= 0.3 is 0 Å². The lowest BCUT2D eigenvalue weighted by atomic mass is 10.1. The van der Waals surface area contributed by atoms with Gasteiger partial charge in [0.25, 0.3) is 11.8 Å². The van der Waals surface area contributed by atoms with Gasteiger partial charge in [-0.15, -0.1) is 0 Å². The van der Waals surface area contributed by atoms with Crippen LogP contribution in [0, 0.1) is 0 Å². The zero-order chi connectivity index (χ0) is 17.0. The molecule has 124 valence electrons. The minimum Gasteiger partial charge on any atom is -0.394 e. The number of aliphatic hydroxyl groups excluding tert-OH is 1. The molecule has 0 aliphatic carbocycles. The largest absolute Gasteiger partial charge is 0.394 e. The fraction of sp³-hybridized carbons (Fsp3) is 0.467. The maximum atomic E-state index is 12.1. The Morgan fingerprint density at radius 1 is 1.17 bits per heavy atom. The van der Waals surface area contributed by atoms with Gasteiger partial charge in [-0.1, -0.05) is 12.1 Å². The predicted molar refractivity (Wildman–Crippen MR) is 81.3 cm³/mol. The standard InChI is InChI=1S/C15H20N4O4/c1-15(2,3)19(8-9-20)16-17-23-10-18-13(21)11-6-4-5-7-12(11)14(18)22/h4-7,20H,8-10H2,1-3H3. The van der Waals surface area contributed by atoms with Crippen molar-refractivity contribution in [1.29, 1.82) is 0 Å². The lowest BCUT2D eigenvalue weighted by Crippen LogP contribution is -2.39. The number of amides is 2. The molecule has 1 aromatic rings. The van der Waals surface area contributed by atoms with Crippen LogP contribution in [0.15, 0.2) is 34.8 Å². The molecule has 1 heterocycles. The Morgan fingerprint density at radius 2 is 1.74 bits per heavy atom. The molecule has 0 spiro atoms. The van der Waals surface area contributed by atoms with Crippen molar-refractivity contribution in [3.8, 4) is 0 Å². The number of hydrogen-bond acceptors (Lipinski definition) is 6. The smallest absolute Gasteiger partial charge is 0.264 e. The Morgan fingerprint density at radius 3 is 2.22 bits per heavy atom. The van der Waals surface area contributed by atoms with E-state index in [4.69, 9.17) is 9.94 Å². The summed E-state index contributed by atoms with van der Waals surface area (Å²) >= 11 is 0. The molecule has 1 aliphatic heterocycles. The van der Waals surface area contributed by atoms with E-state index in [0.29, 0.717) is 17.7 Å². The van der Waals surface area contributed by atoms with E-state index in [1.807, 2.05) is 20.8 Å². The Kier molecular flexibility index (Phi) is 4.95. The number of nitrogens with zero attached hydrogens (tertiary/aromatic N) is 4. The molecule has 0 bridgehead atoms. The van der Waals surface area contributed by atoms with Crippen LogP contribution in [0.3, 0.4) is 0 Å². The van der Waals surface area contributed by atoms with E-state index in [9.17, 15) is 9.59 Å². The van der Waals surface area contributed by atoms with Gasteiger partial charge in [0.05, 0.1) is 29.8 Å². The summed E-state index contributed by atoms with van der Waals surface area (Å²) in [6.45, 7) is 5.63. The molecular formula is C15H20N4O4. The molecule has 2 amide bonds.